The number of nitrogens with zero attached hydrogens (tertiary/aromatic N) is 3. The second-order valence-electron chi connectivity index (χ2n) is 6.76. The van der Waals surface area contributed by atoms with Crippen LogP contribution >= 0.6 is 0 Å². The van der Waals surface area contributed by atoms with Crippen molar-refractivity contribution in [3.05, 3.63) is 63.7 Å². The van der Waals surface area contributed by atoms with Crippen LogP contribution in [0.4, 0.5) is 30.2 Å². The van der Waals surface area contributed by atoms with E-state index in [9.17, 15) is 32.9 Å². The molecule has 2 rings (SSSR count). The Morgan fingerprint density at radius 3 is 2.32 bits per heavy atom. The van der Waals surface area contributed by atoms with Crippen molar-refractivity contribution >= 4 is 28.9 Å². The number of alkyl halides is 3. The van der Waals surface area contributed by atoms with Crippen LogP contribution in [-0.4, -0.2) is 48.8 Å². The Balaban J connectivity index is 2.28. The number of rotatable bonds is 7. The fourth-order valence-corrected chi connectivity index (χ4v) is 2.90. The van der Waals surface area contributed by atoms with Gasteiger partial charge in [0, 0.05) is 38.5 Å². The minimum absolute atomic E-state index is 0.00421. The first-order valence-corrected chi connectivity index (χ1v) is 9.16. The molecule has 0 aliphatic carbocycles. The maximum atomic E-state index is 13.1. The summed E-state index contributed by atoms with van der Waals surface area (Å²) in [5.74, 6) is -1.49. The Morgan fingerprint density at radius 2 is 1.77 bits per heavy atom. The van der Waals surface area contributed by atoms with Crippen LogP contribution in [0.25, 0.3) is 0 Å². The van der Waals surface area contributed by atoms with Crippen molar-refractivity contribution in [3.8, 4) is 0 Å². The van der Waals surface area contributed by atoms with Crippen molar-refractivity contribution in [1.82, 2.24) is 4.90 Å². The molecule has 0 saturated carbocycles. The van der Waals surface area contributed by atoms with E-state index >= 15 is 0 Å². The first kappa shape index (κ1) is 23.6. The van der Waals surface area contributed by atoms with Gasteiger partial charge >= 0.3 is 6.18 Å². The number of nitrogens with one attached hydrogen (secondary N) is 1. The first-order valence-electron chi connectivity index (χ1n) is 9.16. The second-order valence-corrected chi connectivity index (χ2v) is 6.76. The summed E-state index contributed by atoms with van der Waals surface area (Å²) in [4.78, 5) is 38.5. The zero-order chi connectivity index (χ0) is 23.3. The molecule has 2 aromatic rings. The highest BCUT2D eigenvalue weighted by Gasteiger charge is 2.33. The minimum atomic E-state index is -4.66. The Kier molecular flexibility index (Phi) is 7.21. The van der Waals surface area contributed by atoms with Crippen LogP contribution in [0.2, 0.25) is 0 Å². The summed E-state index contributed by atoms with van der Waals surface area (Å²) in [5.41, 5.74) is -1.32. The van der Waals surface area contributed by atoms with Gasteiger partial charge in [0.2, 0.25) is 5.91 Å². The molecule has 0 heterocycles. The average molecular weight is 438 g/mol. The highest BCUT2D eigenvalue weighted by molar-refractivity contribution is 6.03. The van der Waals surface area contributed by atoms with E-state index in [1.54, 1.807) is 25.9 Å². The molecule has 0 atom stereocenters. The lowest BCUT2D eigenvalue weighted by Gasteiger charge is -2.24. The molecular weight excluding hydrogens is 417 g/mol. The summed E-state index contributed by atoms with van der Waals surface area (Å²) >= 11 is 0. The molecule has 0 spiro atoms. The minimum Gasteiger partial charge on any atom is -0.377 e. The van der Waals surface area contributed by atoms with Crippen LogP contribution in [0.5, 0.6) is 0 Å². The van der Waals surface area contributed by atoms with Gasteiger partial charge in [0.25, 0.3) is 11.6 Å². The molecule has 8 nitrogen and oxygen atoms in total. The lowest BCUT2D eigenvalue weighted by atomic mass is 10.1. The number of amides is 2. The predicted octanol–water partition coefficient (Wildman–Crippen LogP) is 3.78. The number of hydrogen-bond acceptors (Lipinski definition) is 5. The highest BCUT2D eigenvalue weighted by atomic mass is 19.4. The zero-order valence-corrected chi connectivity index (χ0v) is 17.1. The van der Waals surface area contributed by atoms with Crippen molar-refractivity contribution in [2.45, 2.75) is 13.1 Å². The normalized spacial score (nSPS) is 11.0. The molecule has 0 fully saturated rings. The Morgan fingerprint density at radius 1 is 1.13 bits per heavy atom. The van der Waals surface area contributed by atoms with Crippen molar-refractivity contribution in [1.29, 1.82) is 0 Å². The van der Waals surface area contributed by atoms with Crippen LogP contribution < -0.4 is 10.2 Å². The predicted molar refractivity (Wildman–Crippen MR) is 109 cm³/mol. The van der Waals surface area contributed by atoms with Crippen LogP contribution in [0.3, 0.4) is 0 Å². The zero-order valence-electron chi connectivity index (χ0n) is 17.1. The van der Waals surface area contributed by atoms with Gasteiger partial charge in [0.1, 0.15) is 6.54 Å². The van der Waals surface area contributed by atoms with E-state index in [2.05, 4.69) is 5.32 Å². The quantitative estimate of drug-likeness (QED) is 0.524. The SMILES string of the molecule is CCN(CC(=O)Nc1ccccc1C(F)(F)F)C(=O)c1cc([N+](=O)[O-])ccc1N(C)C. The fourth-order valence-electron chi connectivity index (χ4n) is 2.90. The largest absolute Gasteiger partial charge is 0.418 e. The summed E-state index contributed by atoms with van der Waals surface area (Å²) in [5, 5.41) is 13.3. The number of likely N-dealkylation sites (N-methyl/N-ethyl adjacent to an activating group) is 1. The fraction of sp³-hybridized carbons (Fsp3) is 0.300. The first-order chi connectivity index (χ1) is 14.5. The summed E-state index contributed by atoms with van der Waals surface area (Å²) in [6.07, 6.45) is -4.66. The lowest BCUT2D eigenvalue weighted by Crippen LogP contribution is -2.38. The van der Waals surface area contributed by atoms with Crippen molar-refractivity contribution in [2.24, 2.45) is 0 Å². The summed E-state index contributed by atoms with van der Waals surface area (Å²) in [7, 11) is 3.30. The maximum Gasteiger partial charge on any atom is 0.418 e. The van der Waals surface area contributed by atoms with Crippen LogP contribution in [0.1, 0.15) is 22.8 Å². The van der Waals surface area contributed by atoms with E-state index < -0.39 is 40.7 Å². The van der Waals surface area contributed by atoms with Crippen molar-refractivity contribution in [3.63, 3.8) is 0 Å². The third-order valence-electron chi connectivity index (χ3n) is 4.41. The number of carbonyl (C=O) groups excluding carboxylic acids is 2. The van der Waals surface area contributed by atoms with E-state index in [4.69, 9.17) is 0 Å². The average Bonchev–Trinajstić information content (AvgIpc) is 2.70. The van der Waals surface area contributed by atoms with Crippen molar-refractivity contribution in [2.75, 3.05) is 37.4 Å². The molecule has 166 valence electrons. The van der Waals surface area contributed by atoms with E-state index in [1.807, 2.05) is 0 Å². The molecule has 2 amide bonds. The number of halogens is 3. The number of nitro groups is 1. The van der Waals surface area contributed by atoms with Gasteiger partial charge in [-0.25, -0.2) is 0 Å². The molecule has 1 N–H and O–H groups in total. The van der Waals surface area contributed by atoms with E-state index in [0.29, 0.717) is 5.69 Å². The third kappa shape index (κ3) is 5.71. The molecule has 2 aromatic carbocycles. The van der Waals surface area contributed by atoms with Crippen LogP contribution in [0, 0.1) is 10.1 Å². The van der Waals surface area contributed by atoms with Crippen LogP contribution in [-0.2, 0) is 11.0 Å². The van der Waals surface area contributed by atoms with Gasteiger partial charge in [0.05, 0.1) is 21.7 Å². The Hall–Kier alpha value is -3.63. The molecular formula is C20H21F3N4O4. The van der Waals surface area contributed by atoms with Gasteiger partial charge < -0.3 is 15.1 Å². The maximum absolute atomic E-state index is 13.1. The highest BCUT2D eigenvalue weighted by Crippen LogP contribution is 2.34. The second kappa shape index (κ2) is 9.45. The molecule has 0 unspecified atom stereocenters. The summed E-state index contributed by atoms with van der Waals surface area (Å²) in [6.45, 7) is 1.11. The van der Waals surface area contributed by atoms with Gasteiger partial charge in [-0.2, -0.15) is 13.2 Å². The molecule has 11 heteroatoms. The number of hydrogen-bond donors (Lipinski definition) is 1. The van der Waals surface area contributed by atoms with Gasteiger partial charge in [0.15, 0.2) is 0 Å². The lowest BCUT2D eigenvalue weighted by molar-refractivity contribution is -0.384. The molecule has 0 radical (unpaired) electrons. The Labute approximate surface area is 176 Å². The molecule has 0 aliphatic heterocycles. The molecule has 0 saturated heterocycles. The molecule has 31 heavy (non-hydrogen) atoms. The van der Waals surface area contributed by atoms with Crippen LogP contribution in [0.15, 0.2) is 42.5 Å². The van der Waals surface area contributed by atoms with Gasteiger partial charge in [-0.3, -0.25) is 19.7 Å². The number of nitro benzene ring substituents is 1. The number of carbonyl (C=O) groups is 2. The topological polar surface area (TPSA) is 95.8 Å². The van der Waals surface area contributed by atoms with Gasteiger partial charge in [-0.15, -0.1) is 0 Å². The van der Waals surface area contributed by atoms with Crippen molar-refractivity contribution < 1.29 is 27.7 Å². The number of para-hydroxylation sites is 1. The summed E-state index contributed by atoms with van der Waals surface area (Å²) < 4.78 is 39.4. The smallest absolute Gasteiger partial charge is 0.377 e. The standard InChI is InChI=1S/C20H21F3N4O4/c1-4-26(12-18(28)24-16-8-6-5-7-15(16)20(21,22)23)19(29)14-11-13(27(30)31)9-10-17(14)25(2)3/h5-11H,4,12H2,1-3H3,(H,24,28). The van der Waals surface area contributed by atoms with E-state index in [1.165, 1.54) is 24.3 Å². The van der Waals surface area contributed by atoms with E-state index in [-0.39, 0.29) is 17.8 Å². The Bertz CT molecular complexity index is 993. The molecule has 0 aliphatic rings. The third-order valence-corrected chi connectivity index (χ3v) is 4.41. The van der Waals surface area contributed by atoms with Gasteiger partial charge in [-0.05, 0) is 25.1 Å². The molecule has 0 bridgehead atoms. The number of benzene rings is 2. The molecule has 0 aromatic heterocycles. The van der Waals surface area contributed by atoms with E-state index in [0.717, 1.165) is 23.1 Å². The number of non-ortho nitro benzene ring substituents is 1. The number of anilines is 2. The summed E-state index contributed by atoms with van der Waals surface area (Å²) in [6, 6.07) is 8.28. The van der Waals surface area contributed by atoms with Gasteiger partial charge in [-0.1, -0.05) is 12.1 Å². The monoisotopic (exact) mass is 438 g/mol.